The molecule has 0 radical (unpaired) electrons. The van der Waals surface area contributed by atoms with Crippen LogP contribution < -0.4 is 74.6 Å². The van der Waals surface area contributed by atoms with Gasteiger partial charge in [-0.2, -0.15) is 0 Å². The fourth-order valence-corrected chi connectivity index (χ4v) is 2.65. The minimum atomic E-state index is -1.13. The van der Waals surface area contributed by atoms with Crippen molar-refractivity contribution < 1.29 is 78.9 Å². The number of aliphatic carboxylic acids is 2. The molecule has 0 aliphatic carbocycles. The van der Waals surface area contributed by atoms with Crippen molar-refractivity contribution in [1.29, 1.82) is 0 Å². The van der Waals surface area contributed by atoms with Gasteiger partial charge in [0.25, 0.3) is 0 Å². The maximum Gasteiger partial charge on any atom is 1.00 e. The molecule has 0 aliphatic heterocycles. The van der Waals surface area contributed by atoms with E-state index >= 15 is 0 Å². The summed E-state index contributed by atoms with van der Waals surface area (Å²) in [4.78, 5) is 21.3. The van der Waals surface area contributed by atoms with E-state index in [4.69, 9.17) is 0 Å². The zero-order valence-corrected chi connectivity index (χ0v) is 20.6. The number of hydrogen-bond acceptors (Lipinski definition) is 5. The van der Waals surface area contributed by atoms with Gasteiger partial charge < -0.3 is 25.1 Å². The molecular weight excluding hydrogens is 340 g/mol. The first-order valence-electron chi connectivity index (χ1n) is 9.19. The third-order valence-electron chi connectivity index (χ3n) is 4.14. The van der Waals surface area contributed by atoms with Crippen molar-refractivity contribution in [2.75, 3.05) is 13.1 Å². The fraction of sp³-hybridized carbons (Fsp3) is 0.889. The zero-order chi connectivity index (χ0) is 17.3. The smallest absolute Gasteiger partial charge is 0.550 e. The molecule has 1 N–H and O–H groups in total. The molecule has 0 aromatic rings. The van der Waals surface area contributed by atoms with Gasteiger partial charge in [0.1, 0.15) is 0 Å². The second-order valence-corrected chi connectivity index (χ2v) is 6.31. The van der Waals surface area contributed by atoms with Crippen molar-refractivity contribution in [3.8, 4) is 0 Å². The molecule has 5 nitrogen and oxygen atoms in total. The Balaban J connectivity index is -0.00000242. The van der Waals surface area contributed by atoms with Gasteiger partial charge in [0.15, 0.2) is 0 Å². The quantitative estimate of drug-likeness (QED) is 0.205. The Morgan fingerprint density at radius 1 is 0.840 bits per heavy atom. The first kappa shape index (κ1) is 30.6. The van der Waals surface area contributed by atoms with Crippen LogP contribution in [0.25, 0.3) is 0 Å². The van der Waals surface area contributed by atoms with Crippen LogP contribution in [0.2, 0.25) is 0 Å². The average Bonchev–Trinajstić information content (AvgIpc) is 2.50. The van der Waals surface area contributed by atoms with Crippen LogP contribution in [0.15, 0.2) is 0 Å². The molecule has 136 valence electrons. The zero-order valence-electron chi connectivity index (χ0n) is 16.6. The SMILES string of the molecule is CCCCCCCCCCCCC(CNCCC(=O)[O-])C(=O)[O-].[Na+].[Na+]. The standard InChI is InChI=1S/C18H35NO4.2Na/c1-2-3-4-5-6-7-8-9-10-11-12-16(18(22)23)15-19-14-13-17(20)21;;/h16,19H,2-15H2,1H3,(H,20,21)(H,22,23);;/q;2*+1/p-2. The molecule has 0 bridgehead atoms. The molecule has 0 spiro atoms. The summed E-state index contributed by atoms with van der Waals surface area (Å²) in [7, 11) is 0. The van der Waals surface area contributed by atoms with Gasteiger partial charge in [-0.1, -0.05) is 71.1 Å². The number of rotatable bonds is 17. The van der Waals surface area contributed by atoms with Crippen molar-refractivity contribution in [2.24, 2.45) is 5.92 Å². The van der Waals surface area contributed by atoms with Crippen LogP contribution in [0.5, 0.6) is 0 Å². The van der Waals surface area contributed by atoms with E-state index in [9.17, 15) is 19.8 Å². The monoisotopic (exact) mass is 373 g/mol. The molecule has 7 heteroatoms. The Kier molecular flexibility index (Phi) is 28.1. The average molecular weight is 373 g/mol. The number of carboxylic acids is 2. The van der Waals surface area contributed by atoms with Gasteiger partial charge in [-0.3, -0.25) is 0 Å². The molecule has 0 fully saturated rings. The molecule has 0 saturated carbocycles. The van der Waals surface area contributed by atoms with E-state index < -0.39 is 17.9 Å². The van der Waals surface area contributed by atoms with Gasteiger partial charge in [-0.15, -0.1) is 0 Å². The molecule has 0 saturated heterocycles. The van der Waals surface area contributed by atoms with E-state index in [1.807, 2.05) is 0 Å². The summed E-state index contributed by atoms with van der Waals surface area (Å²) in [5.41, 5.74) is 0. The summed E-state index contributed by atoms with van der Waals surface area (Å²) in [5.74, 6) is -2.72. The molecular formula is C18H33NNa2O4. The van der Waals surface area contributed by atoms with Crippen LogP contribution in [0.4, 0.5) is 0 Å². The molecule has 1 atom stereocenters. The van der Waals surface area contributed by atoms with E-state index in [2.05, 4.69) is 12.2 Å². The minimum absolute atomic E-state index is 0. The Morgan fingerprint density at radius 2 is 1.32 bits per heavy atom. The molecule has 0 aromatic carbocycles. The normalized spacial score (nSPS) is 11.2. The van der Waals surface area contributed by atoms with Crippen LogP contribution in [0.3, 0.4) is 0 Å². The van der Waals surface area contributed by atoms with Gasteiger partial charge >= 0.3 is 59.1 Å². The third kappa shape index (κ3) is 22.9. The number of nitrogens with one attached hydrogen (secondary N) is 1. The maximum atomic E-state index is 11.0. The van der Waals surface area contributed by atoms with Crippen LogP contribution in [-0.4, -0.2) is 25.0 Å². The minimum Gasteiger partial charge on any atom is -0.550 e. The second kappa shape index (κ2) is 22.9. The first-order valence-corrected chi connectivity index (χ1v) is 9.19. The topological polar surface area (TPSA) is 92.3 Å². The molecule has 0 rings (SSSR count). The molecule has 25 heavy (non-hydrogen) atoms. The van der Waals surface area contributed by atoms with Crippen LogP contribution in [0, 0.1) is 5.92 Å². The van der Waals surface area contributed by atoms with Gasteiger partial charge in [-0.05, 0) is 12.8 Å². The predicted molar refractivity (Wildman–Crippen MR) is 87.5 cm³/mol. The molecule has 0 aliphatic rings. The van der Waals surface area contributed by atoms with Gasteiger partial charge in [0.2, 0.25) is 0 Å². The van der Waals surface area contributed by atoms with Gasteiger partial charge in [0.05, 0.1) is 0 Å². The van der Waals surface area contributed by atoms with Crippen molar-refractivity contribution in [3.63, 3.8) is 0 Å². The van der Waals surface area contributed by atoms with E-state index in [1.54, 1.807) is 0 Å². The summed E-state index contributed by atoms with van der Waals surface area (Å²) in [6, 6.07) is 0. The van der Waals surface area contributed by atoms with Crippen molar-refractivity contribution in [1.82, 2.24) is 5.32 Å². The fourth-order valence-electron chi connectivity index (χ4n) is 2.65. The number of carbonyl (C=O) groups excluding carboxylic acids is 2. The van der Waals surface area contributed by atoms with Crippen LogP contribution in [0.1, 0.15) is 84.0 Å². The summed E-state index contributed by atoms with van der Waals surface area (Å²) in [5, 5.41) is 24.2. The van der Waals surface area contributed by atoms with Crippen LogP contribution >= 0.6 is 0 Å². The summed E-state index contributed by atoms with van der Waals surface area (Å²) < 4.78 is 0. The largest absolute Gasteiger partial charge is 1.00 e. The number of carboxylic acid groups (broad SMARTS) is 2. The Hall–Kier alpha value is 0.900. The van der Waals surface area contributed by atoms with Crippen molar-refractivity contribution >= 4 is 11.9 Å². The Labute approximate surface area is 197 Å². The summed E-state index contributed by atoms with van der Waals surface area (Å²) in [6.07, 6.45) is 12.7. The van der Waals surface area contributed by atoms with E-state index in [0.29, 0.717) is 6.42 Å². The predicted octanol–water partition coefficient (Wildman–Crippen LogP) is -4.60. The molecule has 0 heterocycles. The maximum absolute atomic E-state index is 11.0. The van der Waals surface area contributed by atoms with Crippen LogP contribution in [-0.2, 0) is 9.59 Å². The molecule has 1 unspecified atom stereocenters. The van der Waals surface area contributed by atoms with Crippen molar-refractivity contribution in [3.05, 3.63) is 0 Å². The number of carbonyl (C=O) groups is 2. The summed E-state index contributed by atoms with van der Waals surface area (Å²) >= 11 is 0. The Bertz CT molecular complexity index is 317. The summed E-state index contributed by atoms with van der Waals surface area (Å²) in [6.45, 7) is 2.73. The number of unbranched alkanes of at least 4 members (excludes halogenated alkanes) is 9. The van der Waals surface area contributed by atoms with E-state index in [-0.39, 0.29) is 78.6 Å². The van der Waals surface area contributed by atoms with E-state index in [1.165, 1.54) is 44.9 Å². The number of hydrogen-bond donors (Lipinski definition) is 1. The second-order valence-electron chi connectivity index (χ2n) is 6.31. The van der Waals surface area contributed by atoms with Gasteiger partial charge in [0, 0.05) is 30.9 Å². The Morgan fingerprint density at radius 3 is 1.76 bits per heavy atom. The molecule has 0 amide bonds. The van der Waals surface area contributed by atoms with E-state index in [0.717, 1.165) is 19.3 Å². The van der Waals surface area contributed by atoms with Crippen molar-refractivity contribution in [2.45, 2.75) is 84.0 Å². The third-order valence-corrected chi connectivity index (χ3v) is 4.14. The molecule has 0 aromatic heterocycles. The first-order chi connectivity index (χ1) is 11.1. The van der Waals surface area contributed by atoms with Gasteiger partial charge in [-0.25, -0.2) is 0 Å².